The van der Waals surface area contributed by atoms with E-state index < -0.39 is 10.0 Å². The van der Waals surface area contributed by atoms with Crippen LogP contribution in [-0.2, 0) is 27.8 Å². The highest BCUT2D eigenvalue weighted by molar-refractivity contribution is 7.91. The molecular weight excluding hydrogens is 326 g/mol. The highest BCUT2D eigenvalue weighted by Crippen LogP contribution is 2.24. The summed E-state index contributed by atoms with van der Waals surface area (Å²) in [7, 11) is -3.64. The summed E-state index contributed by atoms with van der Waals surface area (Å²) in [6, 6.07) is 1.72. The number of aromatic nitrogens is 3. The Morgan fingerprint density at radius 2 is 2.32 bits per heavy atom. The fourth-order valence-electron chi connectivity index (χ4n) is 2.34. The van der Waals surface area contributed by atoms with Crippen LogP contribution in [-0.4, -0.2) is 35.1 Å². The smallest absolute Gasteiger partial charge is 0.251 e. The number of hydrogen-bond donors (Lipinski definition) is 2. The van der Waals surface area contributed by atoms with Crippen molar-refractivity contribution >= 4 is 32.4 Å². The van der Waals surface area contributed by atoms with Gasteiger partial charge in [0.2, 0.25) is 5.91 Å². The summed E-state index contributed by atoms with van der Waals surface area (Å²) in [5.74, 6) is -0.285. The molecule has 0 aromatic carbocycles. The van der Waals surface area contributed by atoms with Gasteiger partial charge in [0.25, 0.3) is 10.0 Å². The lowest BCUT2D eigenvalue weighted by atomic mass is 10.1. The Morgan fingerprint density at radius 1 is 1.50 bits per heavy atom. The van der Waals surface area contributed by atoms with E-state index in [2.05, 4.69) is 20.1 Å². The number of nitrogens with zero attached hydrogens (tertiary/aromatic N) is 3. The molecule has 22 heavy (non-hydrogen) atoms. The van der Waals surface area contributed by atoms with E-state index in [4.69, 9.17) is 0 Å². The molecule has 3 rings (SSSR count). The first-order chi connectivity index (χ1) is 10.4. The van der Waals surface area contributed by atoms with Gasteiger partial charge in [-0.1, -0.05) is 11.3 Å². The Morgan fingerprint density at radius 3 is 3.09 bits per heavy atom. The predicted molar refractivity (Wildman–Crippen MR) is 81.1 cm³/mol. The van der Waals surface area contributed by atoms with Crippen LogP contribution in [0.4, 0.5) is 5.13 Å². The van der Waals surface area contributed by atoms with Crippen LogP contribution >= 0.6 is 11.3 Å². The zero-order chi connectivity index (χ0) is 15.7. The molecule has 0 saturated carbocycles. The van der Waals surface area contributed by atoms with Gasteiger partial charge in [-0.15, -0.1) is 0 Å². The van der Waals surface area contributed by atoms with E-state index >= 15 is 0 Å². The van der Waals surface area contributed by atoms with Gasteiger partial charge in [-0.05, 0) is 12.5 Å². The third-order valence-electron chi connectivity index (χ3n) is 3.30. The Balaban J connectivity index is 1.71. The first-order valence-electron chi connectivity index (χ1n) is 6.70. The number of rotatable bonds is 4. The maximum Gasteiger partial charge on any atom is 0.251 e. The van der Waals surface area contributed by atoms with E-state index in [1.54, 1.807) is 6.20 Å². The fraction of sp³-hybridized carbons (Fsp3) is 0.417. The Bertz CT molecular complexity index is 795. The number of anilines is 1. The van der Waals surface area contributed by atoms with Gasteiger partial charge in [0, 0.05) is 37.8 Å². The predicted octanol–water partition coefficient (Wildman–Crippen LogP) is 0.591. The Labute approximate surface area is 131 Å². The minimum Gasteiger partial charge on any atom is -0.302 e. The van der Waals surface area contributed by atoms with Crippen molar-refractivity contribution in [2.24, 2.45) is 0 Å². The van der Waals surface area contributed by atoms with Crippen molar-refractivity contribution in [1.82, 2.24) is 19.5 Å². The van der Waals surface area contributed by atoms with Crippen LogP contribution in [0.25, 0.3) is 0 Å². The van der Waals surface area contributed by atoms with E-state index in [1.165, 1.54) is 13.1 Å². The van der Waals surface area contributed by atoms with Crippen molar-refractivity contribution in [3.8, 4) is 0 Å². The van der Waals surface area contributed by atoms with Gasteiger partial charge in [0.15, 0.2) is 9.34 Å². The van der Waals surface area contributed by atoms with E-state index in [0.29, 0.717) is 19.4 Å². The van der Waals surface area contributed by atoms with Crippen molar-refractivity contribution in [2.45, 2.75) is 36.6 Å². The van der Waals surface area contributed by atoms with Gasteiger partial charge in [0.05, 0.1) is 6.20 Å². The number of amides is 1. The van der Waals surface area contributed by atoms with Crippen molar-refractivity contribution in [3.05, 3.63) is 24.2 Å². The first kappa shape index (κ1) is 15.1. The second-order valence-electron chi connectivity index (χ2n) is 5.02. The van der Waals surface area contributed by atoms with Crippen LogP contribution in [0.1, 0.15) is 19.0 Å². The summed E-state index contributed by atoms with van der Waals surface area (Å²) >= 11 is 0.933. The highest BCUT2D eigenvalue weighted by atomic mass is 32.2. The maximum atomic E-state index is 12.4. The second kappa shape index (κ2) is 5.78. The topological polar surface area (TPSA) is 106 Å². The van der Waals surface area contributed by atoms with Gasteiger partial charge in [-0.3, -0.25) is 9.48 Å². The molecule has 1 amide bonds. The summed E-state index contributed by atoms with van der Waals surface area (Å²) < 4.78 is 29.4. The number of thiazole rings is 1. The molecule has 10 heteroatoms. The zero-order valence-corrected chi connectivity index (χ0v) is 13.4. The van der Waals surface area contributed by atoms with Crippen LogP contribution in [0.2, 0.25) is 0 Å². The number of hydrogen-bond acceptors (Lipinski definition) is 6. The van der Waals surface area contributed by atoms with Gasteiger partial charge in [-0.2, -0.15) is 5.10 Å². The molecule has 0 spiro atoms. The largest absolute Gasteiger partial charge is 0.302 e. The molecule has 1 aliphatic heterocycles. The molecule has 8 nitrogen and oxygen atoms in total. The van der Waals surface area contributed by atoms with Gasteiger partial charge in [0.1, 0.15) is 0 Å². The average Bonchev–Trinajstić information content (AvgIpc) is 3.06. The average molecular weight is 341 g/mol. The Kier molecular flexibility index (Phi) is 3.98. The van der Waals surface area contributed by atoms with Crippen molar-refractivity contribution in [2.75, 3.05) is 5.32 Å². The van der Waals surface area contributed by atoms with Crippen LogP contribution in [0, 0.1) is 0 Å². The van der Waals surface area contributed by atoms with Crippen molar-refractivity contribution < 1.29 is 13.2 Å². The standard InChI is InChI=1S/C12H15N5O3S2/c1-8(18)15-12-13-7-11(21-12)22(19,20)16-9-3-5-17-10(6-9)2-4-14-17/h2,4,7,9,16H,3,5-6H2,1H3,(H,13,15,18). The number of fused-ring (bicyclic) bond motifs is 1. The molecule has 0 bridgehead atoms. The zero-order valence-electron chi connectivity index (χ0n) is 11.8. The summed E-state index contributed by atoms with van der Waals surface area (Å²) in [4.78, 5) is 14.9. The van der Waals surface area contributed by atoms with E-state index in [-0.39, 0.29) is 21.3 Å². The molecule has 1 aliphatic rings. The molecule has 0 aliphatic carbocycles. The summed E-state index contributed by atoms with van der Waals surface area (Å²) in [6.07, 6.45) is 4.27. The van der Waals surface area contributed by atoms with Gasteiger partial charge in [-0.25, -0.2) is 18.1 Å². The molecule has 2 aromatic rings. The van der Waals surface area contributed by atoms with Crippen LogP contribution in [0.15, 0.2) is 22.7 Å². The van der Waals surface area contributed by atoms with Crippen molar-refractivity contribution in [3.63, 3.8) is 0 Å². The Hall–Kier alpha value is -1.78. The molecule has 0 saturated heterocycles. The van der Waals surface area contributed by atoms with Gasteiger partial charge >= 0.3 is 0 Å². The van der Waals surface area contributed by atoms with Crippen LogP contribution in [0.3, 0.4) is 0 Å². The normalized spacial score (nSPS) is 18.0. The third-order valence-corrected chi connectivity index (χ3v) is 6.20. The lowest BCUT2D eigenvalue weighted by Crippen LogP contribution is -2.39. The lowest BCUT2D eigenvalue weighted by molar-refractivity contribution is -0.114. The summed E-state index contributed by atoms with van der Waals surface area (Å²) in [5.41, 5.74) is 1.02. The number of aryl methyl sites for hydroxylation is 1. The SMILES string of the molecule is CC(=O)Nc1ncc(S(=O)(=O)NC2CCn3nccc3C2)s1. The number of nitrogens with one attached hydrogen (secondary N) is 2. The highest BCUT2D eigenvalue weighted by Gasteiger charge is 2.26. The molecule has 118 valence electrons. The number of carbonyl (C=O) groups is 1. The van der Waals surface area contributed by atoms with Crippen LogP contribution < -0.4 is 10.0 Å². The minimum atomic E-state index is -3.64. The number of sulfonamides is 1. The van der Waals surface area contributed by atoms with E-state index in [0.717, 1.165) is 17.0 Å². The molecular formula is C12H15N5O3S2. The molecule has 2 aromatic heterocycles. The monoisotopic (exact) mass is 341 g/mol. The minimum absolute atomic E-state index is 0.0929. The maximum absolute atomic E-state index is 12.4. The van der Waals surface area contributed by atoms with Gasteiger partial charge < -0.3 is 5.32 Å². The molecule has 0 radical (unpaired) electrons. The summed E-state index contributed by atoms with van der Waals surface area (Å²) in [6.45, 7) is 2.04. The molecule has 0 fully saturated rings. The molecule has 1 unspecified atom stereocenters. The van der Waals surface area contributed by atoms with E-state index in [9.17, 15) is 13.2 Å². The van der Waals surface area contributed by atoms with Crippen molar-refractivity contribution in [1.29, 1.82) is 0 Å². The molecule has 1 atom stereocenters. The number of carbonyl (C=O) groups excluding carboxylic acids is 1. The fourth-order valence-corrected chi connectivity index (χ4v) is 4.70. The van der Waals surface area contributed by atoms with E-state index in [1.807, 2.05) is 10.7 Å². The first-order valence-corrected chi connectivity index (χ1v) is 9.00. The molecule has 2 N–H and O–H groups in total. The second-order valence-corrected chi connectivity index (χ2v) is 7.99. The third kappa shape index (κ3) is 3.18. The lowest BCUT2D eigenvalue weighted by Gasteiger charge is -2.23. The quantitative estimate of drug-likeness (QED) is 0.847. The van der Waals surface area contributed by atoms with Crippen LogP contribution in [0.5, 0.6) is 0 Å². The summed E-state index contributed by atoms with van der Waals surface area (Å²) in [5, 5.41) is 6.92. The molecule has 3 heterocycles.